The number of anilines is 1. The second kappa shape index (κ2) is 6.62. The third kappa shape index (κ3) is 3.55. The Morgan fingerprint density at radius 2 is 1.67 bits per heavy atom. The number of rotatable bonds is 4. The van der Waals surface area contributed by atoms with Gasteiger partial charge in [-0.2, -0.15) is 4.58 Å². The van der Waals surface area contributed by atoms with Crippen LogP contribution in [0.25, 0.3) is 6.08 Å². The topological polar surface area (TPSA) is 63.5 Å². The molecule has 2 aromatic carbocycles. The van der Waals surface area contributed by atoms with Crippen molar-refractivity contribution in [2.75, 3.05) is 26.0 Å². The van der Waals surface area contributed by atoms with Crippen molar-refractivity contribution >= 4 is 33.3 Å². The summed E-state index contributed by atoms with van der Waals surface area (Å²) in [5.41, 5.74) is 4.71. The van der Waals surface area contributed by atoms with Gasteiger partial charge in [0.15, 0.2) is 5.71 Å². The van der Waals surface area contributed by atoms with E-state index in [1.54, 1.807) is 6.07 Å². The van der Waals surface area contributed by atoms with Crippen LogP contribution in [-0.2, 0) is 15.5 Å². The summed E-state index contributed by atoms with van der Waals surface area (Å²) in [7, 11) is 1.42. The van der Waals surface area contributed by atoms with Crippen molar-refractivity contribution in [3.63, 3.8) is 0 Å². The quantitative estimate of drug-likeness (QED) is 0.599. The van der Waals surface area contributed by atoms with E-state index in [0.717, 1.165) is 28.2 Å². The van der Waals surface area contributed by atoms with E-state index in [4.69, 9.17) is 0 Å². The lowest BCUT2D eigenvalue weighted by atomic mass is 9.81. The molecule has 6 heteroatoms. The molecule has 0 aliphatic carbocycles. The Bertz CT molecular complexity index is 1050. The highest BCUT2D eigenvalue weighted by Crippen LogP contribution is 2.40. The van der Waals surface area contributed by atoms with E-state index in [0.29, 0.717) is 0 Å². The Morgan fingerprint density at radius 1 is 1.04 bits per heavy atom. The maximum absolute atomic E-state index is 11.4. The molecule has 5 nitrogen and oxygen atoms in total. The molecule has 0 atom stereocenters. The third-order valence-corrected chi connectivity index (χ3v) is 5.97. The molecule has 0 radical (unpaired) electrons. The third-order valence-electron chi connectivity index (χ3n) is 5.14. The van der Waals surface area contributed by atoms with Crippen LogP contribution >= 0.6 is 0 Å². The summed E-state index contributed by atoms with van der Waals surface area (Å²) in [5, 5.41) is 0. The van der Waals surface area contributed by atoms with E-state index in [-0.39, 0.29) is 10.3 Å². The van der Waals surface area contributed by atoms with E-state index in [9.17, 15) is 13.0 Å². The summed E-state index contributed by atoms with van der Waals surface area (Å²) in [6, 6.07) is 12.8. The fraction of sp³-hybridized carbons (Fsp3) is 0.286. The van der Waals surface area contributed by atoms with Crippen LogP contribution in [0, 0.1) is 0 Å². The summed E-state index contributed by atoms with van der Waals surface area (Å²) in [4.78, 5) is 1.85. The largest absolute Gasteiger partial charge is 0.744 e. The summed E-state index contributed by atoms with van der Waals surface area (Å²) in [6.45, 7) is 4.19. The van der Waals surface area contributed by atoms with E-state index >= 15 is 0 Å². The number of nitrogens with zero attached hydrogens (tertiary/aromatic N) is 2. The van der Waals surface area contributed by atoms with Crippen molar-refractivity contribution in [2.45, 2.75) is 24.2 Å². The second-order valence-corrected chi connectivity index (χ2v) is 8.90. The van der Waals surface area contributed by atoms with Gasteiger partial charge in [0.25, 0.3) is 0 Å². The molecule has 0 saturated heterocycles. The summed E-state index contributed by atoms with van der Waals surface area (Å²) >= 11 is 0. The minimum absolute atomic E-state index is 0.201. The highest BCUT2D eigenvalue weighted by Gasteiger charge is 2.43. The maximum Gasteiger partial charge on any atom is 0.210 e. The molecule has 2 aromatic rings. The molecule has 0 bridgehead atoms. The highest BCUT2D eigenvalue weighted by atomic mass is 32.2. The number of hydrogen-bond donors (Lipinski definition) is 0. The molecule has 3 rings (SSSR count). The molecule has 1 aliphatic heterocycles. The molecular formula is C21H24N2O3S. The first-order valence-corrected chi connectivity index (χ1v) is 10.1. The van der Waals surface area contributed by atoms with Crippen molar-refractivity contribution < 1.29 is 17.5 Å². The van der Waals surface area contributed by atoms with Gasteiger partial charge in [-0.25, -0.2) is 8.42 Å². The van der Waals surface area contributed by atoms with Crippen LogP contribution in [0.1, 0.15) is 25.0 Å². The lowest BCUT2D eigenvalue weighted by Gasteiger charge is -2.16. The Kier molecular flexibility index (Phi) is 4.74. The fourth-order valence-electron chi connectivity index (χ4n) is 3.54. The van der Waals surface area contributed by atoms with Gasteiger partial charge in [0.1, 0.15) is 17.2 Å². The Balaban J connectivity index is 2.00. The minimum Gasteiger partial charge on any atom is -0.744 e. The van der Waals surface area contributed by atoms with E-state index in [1.165, 1.54) is 12.1 Å². The Morgan fingerprint density at radius 3 is 2.22 bits per heavy atom. The summed E-state index contributed by atoms with van der Waals surface area (Å²) in [6.07, 6.45) is 4.10. The van der Waals surface area contributed by atoms with E-state index in [1.807, 2.05) is 36.7 Å². The monoisotopic (exact) mass is 384 g/mol. The zero-order valence-electron chi connectivity index (χ0n) is 16.2. The van der Waals surface area contributed by atoms with E-state index in [2.05, 4.69) is 44.2 Å². The van der Waals surface area contributed by atoms with Gasteiger partial charge in [0.05, 0.1) is 10.3 Å². The number of fused-ring (bicyclic) bond motifs is 1. The van der Waals surface area contributed by atoms with Crippen molar-refractivity contribution in [1.82, 2.24) is 0 Å². The van der Waals surface area contributed by atoms with Crippen LogP contribution < -0.4 is 4.90 Å². The standard InChI is InChI=1S/C21H24N2O3S/c1-21(2)18-12-11-17(27(24,25)26)14-19(18)23(5)20(21)13-8-15-6-9-16(10-7-15)22(3)4/h6-14H,1-5H3. The summed E-state index contributed by atoms with van der Waals surface area (Å²) in [5.74, 6) is 0. The van der Waals surface area contributed by atoms with Crippen molar-refractivity contribution in [1.29, 1.82) is 0 Å². The minimum atomic E-state index is -4.48. The number of hydrogen-bond acceptors (Lipinski definition) is 4. The number of benzene rings is 2. The highest BCUT2D eigenvalue weighted by molar-refractivity contribution is 7.85. The molecule has 1 heterocycles. The van der Waals surface area contributed by atoms with Crippen LogP contribution in [0.5, 0.6) is 0 Å². The van der Waals surface area contributed by atoms with Gasteiger partial charge in [0.2, 0.25) is 5.69 Å². The van der Waals surface area contributed by atoms with Gasteiger partial charge in [-0.3, -0.25) is 0 Å². The Labute approximate surface area is 161 Å². The lowest BCUT2D eigenvalue weighted by Crippen LogP contribution is -2.26. The molecule has 1 aliphatic rings. The second-order valence-electron chi connectivity index (χ2n) is 7.52. The van der Waals surface area contributed by atoms with Crippen LogP contribution in [0.4, 0.5) is 11.4 Å². The average Bonchev–Trinajstić information content (AvgIpc) is 2.79. The van der Waals surface area contributed by atoms with Crippen LogP contribution in [0.2, 0.25) is 0 Å². The first kappa shape index (κ1) is 19.3. The predicted molar refractivity (Wildman–Crippen MR) is 108 cm³/mol. The zero-order chi connectivity index (χ0) is 20.0. The van der Waals surface area contributed by atoms with Crippen molar-refractivity contribution in [3.05, 3.63) is 59.7 Å². The van der Waals surface area contributed by atoms with Gasteiger partial charge >= 0.3 is 0 Å². The molecule has 142 valence electrons. The number of allylic oxidation sites excluding steroid dienone is 1. The van der Waals surface area contributed by atoms with Crippen molar-refractivity contribution in [2.24, 2.45) is 0 Å². The first-order chi connectivity index (χ1) is 12.5. The average molecular weight is 385 g/mol. The molecule has 0 fully saturated rings. The maximum atomic E-state index is 11.4. The smallest absolute Gasteiger partial charge is 0.210 e. The van der Waals surface area contributed by atoms with E-state index < -0.39 is 10.1 Å². The molecule has 27 heavy (non-hydrogen) atoms. The van der Waals surface area contributed by atoms with Gasteiger partial charge in [-0.05, 0) is 43.7 Å². The van der Waals surface area contributed by atoms with Gasteiger partial charge < -0.3 is 9.45 Å². The van der Waals surface area contributed by atoms with Crippen LogP contribution in [0.3, 0.4) is 0 Å². The predicted octanol–water partition coefficient (Wildman–Crippen LogP) is 3.38. The molecule has 0 spiro atoms. The molecule has 0 unspecified atom stereocenters. The lowest BCUT2D eigenvalue weighted by molar-refractivity contribution is -0.401. The molecular weight excluding hydrogens is 360 g/mol. The van der Waals surface area contributed by atoms with Gasteiger partial charge in [0, 0.05) is 37.5 Å². The fourth-order valence-corrected chi connectivity index (χ4v) is 4.03. The van der Waals surface area contributed by atoms with Gasteiger partial charge in [-0.1, -0.05) is 18.2 Å². The molecule has 0 amide bonds. The molecule has 0 N–H and O–H groups in total. The van der Waals surface area contributed by atoms with Crippen LogP contribution in [-0.4, -0.2) is 44.4 Å². The normalized spacial score (nSPS) is 16.1. The SMILES string of the molecule is CN(C)c1ccc(C=CC2=[N+](C)c3cc(S(=O)(=O)[O-])ccc3C2(C)C)cc1. The van der Waals surface area contributed by atoms with Crippen molar-refractivity contribution in [3.8, 4) is 0 Å². The molecule has 0 aromatic heterocycles. The Hall–Kier alpha value is -2.44. The van der Waals surface area contributed by atoms with Crippen LogP contribution in [0.15, 0.2) is 53.4 Å². The first-order valence-electron chi connectivity index (χ1n) is 8.69. The molecule has 0 saturated carbocycles. The summed E-state index contributed by atoms with van der Waals surface area (Å²) < 4.78 is 36.1. The zero-order valence-corrected chi connectivity index (χ0v) is 17.0. The van der Waals surface area contributed by atoms with Gasteiger partial charge in [-0.15, -0.1) is 0 Å².